The van der Waals surface area contributed by atoms with Crippen molar-refractivity contribution in [1.29, 1.82) is 0 Å². The maximum atomic E-state index is 11.3. The molecule has 1 aromatic rings. The van der Waals surface area contributed by atoms with Crippen molar-refractivity contribution < 1.29 is 9.90 Å². The van der Waals surface area contributed by atoms with E-state index in [0.29, 0.717) is 6.54 Å². The molecule has 1 aromatic carbocycles. The van der Waals surface area contributed by atoms with Crippen molar-refractivity contribution in [2.75, 3.05) is 13.1 Å². The molecule has 1 N–H and O–H groups in total. The highest BCUT2D eigenvalue weighted by molar-refractivity contribution is 6.30. The summed E-state index contributed by atoms with van der Waals surface area (Å²) in [6, 6.07) is 5.88. The van der Waals surface area contributed by atoms with Gasteiger partial charge in [-0.1, -0.05) is 17.7 Å². The fraction of sp³-hybridized carbons (Fsp3) is 0.533. The predicted octanol–water partition coefficient (Wildman–Crippen LogP) is 3.34. The molecule has 1 atom stereocenters. The highest BCUT2D eigenvalue weighted by Crippen LogP contribution is 2.30. The first kappa shape index (κ1) is 14.4. The number of carboxylic acids is 1. The van der Waals surface area contributed by atoms with Gasteiger partial charge in [0.2, 0.25) is 0 Å². The van der Waals surface area contributed by atoms with Gasteiger partial charge in [0.05, 0.1) is 5.41 Å². The smallest absolute Gasteiger partial charge is 0.310 e. The average Bonchev–Trinajstić information content (AvgIpc) is 2.33. The summed E-state index contributed by atoms with van der Waals surface area (Å²) in [6.45, 7) is 6.26. The summed E-state index contributed by atoms with van der Waals surface area (Å²) in [6.07, 6.45) is 1.70. The lowest BCUT2D eigenvalue weighted by atomic mass is 9.82. The lowest BCUT2D eigenvalue weighted by molar-refractivity contribution is -0.151. The van der Waals surface area contributed by atoms with Crippen LogP contribution < -0.4 is 0 Å². The first-order chi connectivity index (χ1) is 8.90. The van der Waals surface area contributed by atoms with E-state index in [1.807, 2.05) is 32.0 Å². The number of likely N-dealkylation sites (tertiary alicyclic amines) is 1. The van der Waals surface area contributed by atoms with Gasteiger partial charge in [-0.15, -0.1) is 0 Å². The number of aliphatic carboxylic acids is 1. The summed E-state index contributed by atoms with van der Waals surface area (Å²) < 4.78 is 0. The molecule has 0 aromatic heterocycles. The summed E-state index contributed by atoms with van der Waals surface area (Å²) >= 11 is 5.96. The second kappa shape index (κ2) is 5.51. The molecule has 0 spiro atoms. The Bertz CT molecular complexity index is 489. The fourth-order valence-corrected chi connectivity index (χ4v) is 2.96. The zero-order valence-electron chi connectivity index (χ0n) is 11.4. The van der Waals surface area contributed by atoms with E-state index in [4.69, 9.17) is 11.6 Å². The van der Waals surface area contributed by atoms with Crippen molar-refractivity contribution in [2.24, 2.45) is 5.41 Å². The first-order valence-electron chi connectivity index (χ1n) is 6.61. The molecule has 1 aliphatic rings. The Kier molecular flexibility index (Phi) is 4.16. The van der Waals surface area contributed by atoms with Crippen molar-refractivity contribution in [3.05, 3.63) is 34.3 Å². The maximum Gasteiger partial charge on any atom is 0.310 e. The standard InChI is InChI=1S/C15H20ClNO2/c1-11-8-13(16)5-4-12(11)9-17-7-3-6-15(2,10-17)14(18)19/h4-5,8H,3,6-7,9-10H2,1-2H3,(H,18,19). The lowest BCUT2D eigenvalue weighted by Crippen LogP contribution is -2.45. The number of aryl methyl sites for hydroxylation is 1. The van der Waals surface area contributed by atoms with Crippen LogP contribution in [-0.2, 0) is 11.3 Å². The molecular formula is C15H20ClNO2. The quantitative estimate of drug-likeness (QED) is 0.924. The number of carboxylic acid groups (broad SMARTS) is 1. The molecule has 0 radical (unpaired) electrons. The molecule has 1 heterocycles. The van der Waals surface area contributed by atoms with Gasteiger partial charge in [-0.05, 0) is 56.5 Å². The second-order valence-corrected chi connectivity index (χ2v) is 6.19. The number of piperidine rings is 1. The van der Waals surface area contributed by atoms with Crippen LogP contribution in [-0.4, -0.2) is 29.1 Å². The van der Waals surface area contributed by atoms with E-state index in [0.717, 1.165) is 36.5 Å². The van der Waals surface area contributed by atoms with E-state index in [9.17, 15) is 9.90 Å². The number of halogens is 1. The highest BCUT2D eigenvalue weighted by Gasteiger charge is 2.37. The Morgan fingerprint density at radius 2 is 2.26 bits per heavy atom. The van der Waals surface area contributed by atoms with Gasteiger partial charge in [0.15, 0.2) is 0 Å². The van der Waals surface area contributed by atoms with Crippen LogP contribution in [0.5, 0.6) is 0 Å². The highest BCUT2D eigenvalue weighted by atomic mass is 35.5. The minimum atomic E-state index is -0.690. The van der Waals surface area contributed by atoms with Crippen LogP contribution >= 0.6 is 11.6 Å². The predicted molar refractivity (Wildman–Crippen MR) is 76.4 cm³/mol. The van der Waals surface area contributed by atoms with Crippen LogP contribution in [0.25, 0.3) is 0 Å². The van der Waals surface area contributed by atoms with Gasteiger partial charge in [0.25, 0.3) is 0 Å². The maximum absolute atomic E-state index is 11.3. The third-order valence-electron chi connectivity index (χ3n) is 3.99. The minimum absolute atomic E-state index is 0.613. The van der Waals surface area contributed by atoms with Crippen LogP contribution in [0.3, 0.4) is 0 Å². The van der Waals surface area contributed by atoms with Gasteiger partial charge in [-0.3, -0.25) is 9.69 Å². The Morgan fingerprint density at radius 1 is 1.53 bits per heavy atom. The summed E-state index contributed by atoms with van der Waals surface area (Å²) in [5.74, 6) is -0.690. The molecule has 0 bridgehead atoms. The molecule has 3 nitrogen and oxygen atoms in total. The Morgan fingerprint density at radius 3 is 2.89 bits per heavy atom. The first-order valence-corrected chi connectivity index (χ1v) is 6.99. The summed E-state index contributed by atoms with van der Waals surface area (Å²) in [7, 11) is 0. The van der Waals surface area contributed by atoms with Gasteiger partial charge in [-0.25, -0.2) is 0 Å². The number of nitrogens with zero attached hydrogens (tertiary/aromatic N) is 1. The van der Waals surface area contributed by atoms with E-state index < -0.39 is 11.4 Å². The third-order valence-corrected chi connectivity index (χ3v) is 4.23. The van der Waals surface area contributed by atoms with Crippen LogP contribution in [0.15, 0.2) is 18.2 Å². The molecule has 4 heteroatoms. The molecule has 0 saturated carbocycles. The number of hydrogen-bond donors (Lipinski definition) is 1. The van der Waals surface area contributed by atoms with Crippen LogP contribution in [0.2, 0.25) is 5.02 Å². The second-order valence-electron chi connectivity index (χ2n) is 5.75. The Labute approximate surface area is 119 Å². The number of hydrogen-bond acceptors (Lipinski definition) is 2. The molecule has 0 amide bonds. The Hall–Kier alpha value is -1.06. The lowest BCUT2D eigenvalue weighted by Gasteiger charge is -2.37. The molecule has 104 valence electrons. The van der Waals surface area contributed by atoms with E-state index in [2.05, 4.69) is 4.90 Å². The summed E-state index contributed by atoms with van der Waals surface area (Å²) in [4.78, 5) is 13.6. The fourth-order valence-electron chi connectivity index (χ4n) is 2.73. The molecule has 0 aliphatic carbocycles. The molecule has 1 fully saturated rings. The number of carbonyl (C=O) groups is 1. The molecule has 1 aliphatic heterocycles. The van der Waals surface area contributed by atoms with Crippen molar-refractivity contribution >= 4 is 17.6 Å². The van der Waals surface area contributed by atoms with Crippen molar-refractivity contribution in [2.45, 2.75) is 33.2 Å². The monoisotopic (exact) mass is 281 g/mol. The molecule has 1 unspecified atom stereocenters. The van der Waals surface area contributed by atoms with Gasteiger partial charge in [0.1, 0.15) is 0 Å². The van der Waals surface area contributed by atoms with E-state index >= 15 is 0 Å². The zero-order chi connectivity index (χ0) is 14.0. The van der Waals surface area contributed by atoms with Gasteiger partial charge in [0, 0.05) is 18.1 Å². The van der Waals surface area contributed by atoms with Crippen molar-refractivity contribution in [3.8, 4) is 0 Å². The summed E-state index contributed by atoms with van der Waals surface area (Å²) in [5, 5.41) is 10.1. The number of benzene rings is 1. The third kappa shape index (κ3) is 3.28. The number of rotatable bonds is 3. The Balaban J connectivity index is 2.09. The van der Waals surface area contributed by atoms with Crippen LogP contribution in [0.4, 0.5) is 0 Å². The van der Waals surface area contributed by atoms with Crippen LogP contribution in [0.1, 0.15) is 30.9 Å². The van der Waals surface area contributed by atoms with E-state index in [-0.39, 0.29) is 0 Å². The van der Waals surface area contributed by atoms with Gasteiger partial charge in [-0.2, -0.15) is 0 Å². The van der Waals surface area contributed by atoms with Gasteiger partial charge < -0.3 is 5.11 Å². The normalized spacial score (nSPS) is 24.4. The summed E-state index contributed by atoms with van der Waals surface area (Å²) in [5.41, 5.74) is 1.77. The zero-order valence-corrected chi connectivity index (χ0v) is 12.2. The molecule has 1 saturated heterocycles. The minimum Gasteiger partial charge on any atom is -0.481 e. The average molecular weight is 282 g/mol. The molecule has 2 rings (SSSR count). The van der Waals surface area contributed by atoms with Crippen molar-refractivity contribution in [3.63, 3.8) is 0 Å². The largest absolute Gasteiger partial charge is 0.481 e. The van der Waals surface area contributed by atoms with Crippen LogP contribution in [0, 0.1) is 12.3 Å². The SMILES string of the molecule is Cc1cc(Cl)ccc1CN1CCCC(C)(C(=O)O)C1. The molecular weight excluding hydrogens is 262 g/mol. The topological polar surface area (TPSA) is 40.5 Å². The molecule has 19 heavy (non-hydrogen) atoms. The van der Waals surface area contributed by atoms with Gasteiger partial charge >= 0.3 is 5.97 Å². The van der Waals surface area contributed by atoms with E-state index in [1.54, 1.807) is 0 Å². The van der Waals surface area contributed by atoms with Crippen molar-refractivity contribution in [1.82, 2.24) is 4.90 Å². The van der Waals surface area contributed by atoms with E-state index in [1.165, 1.54) is 5.56 Å².